The van der Waals surface area contributed by atoms with E-state index >= 15 is 0 Å². The Labute approximate surface area is 123 Å². The number of hydrogen-bond donors (Lipinski definition) is 2. The molecule has 1 unspecified atom stereocenters. The van der Waals surface area contributed by atoms with Gasteiger partial charge in [0.1, 0.15) is 0 Å². The van der Waals surface area contributed by atoms with Crippen molar-refractivity contribution in [3.8, 4) is 0 Å². The molecule has 2 aliphatic rings. The van der Waals surface area contributed by atoms with Crippen LogP contribution in [0.3, 0.4) is 0 Å². The van der Waals surface area contributed by atoms with E-state index in [-0.39, 0.29) is 0 Å². The van der Waals surface area contributed by atoms with E-state index < -0.39 is 0 Å². The molecule has 1 aromatic rings. The fourth-order valence-electron chi connectivity index (χ4n) is 3.56. The van der Waals surface area contributed by atoms with Crippen LogP contribution in [-0.4, -0.2) is 25.2 Å². The Balaban J connectivity index is 1.96. The highest BCUT2D eigenvalue weighted by Gasteiger charge is 2.37. The molecule has 0 amide bonds. The number of rotatable bonds is 3. The van der Waals surface area contributed by atoms with Gasteiger partial charge in [-0.3, -0.25) is 0 Å². The standard InChI is InChI=1S/C18H27N2/c1-11(2)13-5-14(12(3)4)7-15(6-13)17-8-16-9-19-10-18(17)20-16/h6-7,11-12,16-20H,8-10H2,1-4H3/t16-,17?,18-/m0/s1. The van der Waals surface area contributed by atoms with Gasteiger partial charge in [-0.25, -0.2) is 0 Å². The van der Waals surface area contributed by atoms with Gasteiger partial charge in [0.05, 0.1) is 0 Å². The van der Waals surface area contributed by atoms with Gasteiger partial charge in [0.15, 0.2) is 0 Å². The number of fused-ring (bicyclic) bond motifs is 2. The first-order valence-corrected chi connectivity index (χ1v) is 8.08. The molecule has 2 N–H and O–H groups in total. The van der Waals surface area contributed by atoms with Crippen LogP contribution in [0.15, 0.2) is 12.1 Å². The van der Waals surface area contributed by atoms with Crippen LogP contribution in [0, 0.1) is 6.07 Å². The van der Waals surface area contributed by atoms with Gasteiger partial charge in [-0.05, 0) is 41.0 Å². The summed E-state index contributed by atoms with van der Waals surface area (Å²) in [6.07, 6.45) is 1.27. The molecule has 0 spiro atoms. The molecule has 0 aromatic heterocycles. The van der Waals surface area contributed by atoms with Crippen molar-refractivity contribution < 1.29 is 0 Å². The second kappa shape index (κ2) is 5.50. The average molecular weight is 271 g/mol. The van der Waals surface area contributed by atoms with Crippen molar-refractivity contribution in [2.45, 2.75) is 64.0 Å². The van der Waals surface area contributed by atoms with Crippen LogP contribution in [0.25, 0.3) is 0 Å². The lowest BCUT2D eigenvalue weighted by atomic mass is 9.85. The first-order valence-electron chi connectivity index (χ1n) is 8.08. The third kappa shape index (κ3) is 2.64. The van der Waals surface area contributed by atoms with E-state index in [0.717, 1.165) is 13.1 Å². The fourth-order valence-corrected chi connectivity index (χ4v) is 3.56. The van der Waals surface area contributed by atoms with Crippen LogP contribution in [0.5, 0.6) is 0 Å². The van der Waals surface area contributed by atoms with E-state index in [9.17, 15) is 0 Å². The highest BCUT2D eigenvalue weighted by atomic mass is 15.1. The first-order chi connectivity index (χ1) is 9.54. The van der Waals surface area contributed by atoms with Gasteiger partial charge >= 0.3 is 0 Å². The third-order valence-electron chi connectivity index (χ3n) is 4.83. The second-order valence-electron chi connectivity index (χ2n) is 7.10. The van der Waals surface area contributed by atoms with E-state index in [2.05, 4.69) is 56.5 Å². The quantitative estimate of drug-likeness (QED) is 0.882. The molecule has 2 fully saturated rings. The van der Waals surface area contributed by atoms with Crippen LogP contribution in [0.1, 0.15) is 68.6 Å². The molecule has 1 aromatic carbocycles. The molecule has 2 nitrogen and oxygen atoms in total. The van der Waals surface area contributed by atoms with Gasteiger partial charge in [0.2, 0.25) is 0 Å². The van der Waals surface area contributed by atoms with Crippen LogP contribution in [0.4, 0.5) is 0 Å². The molecule has 2 bridgehead atoms. The summed E-state index contributed by atoms with van der Waals surface area (Å²) in [5, 5.41) is 7.31. The van der Waals surface area contributed by atoms with Crippen molar-refractivity contribution in [2.24, 2.45) is 0 Å². The van der Waals surface area contributed by atoms with Gasteiger partial charge in [0.25, 0.3) is 0 Å². The Morgan fingerprint density at radius 1 is 1.05 bits per heavy atom. The molecule has 2 heterocycles. The normalized spacial score (nSPS) is 29.4. The molecule has 109 valence electrons. The molecule has 2 aliphatic heterocycles. The largest absolute Gasteiger partial charge is 0.314 e. The summed E-state index contributed by atoms with van der Waals surface area (Å²) in [7, 11) is 0. The lowest BCUT2D eigenvalue weighted by molar-refractivity contribution is 0.415. The summed E-state index contributed by atoms with van der Waals surface area (Å²) >= 11 is 0. The summed E-state index contributed by atoms with van der Waals surface area (Å²) in [6, 6.07) is 9.71. The van der Waals surface area contributed by atoms with Crippen LogP contribution >= 0.6 is 0 Å². The lowest BCUT2D eigenvalue weighted by Crippen LogP contribution is -2.49. The van der Waals surface area contributed by atoms with Crippen molar-refractivity contribution in [3.63, 3.8) is 0 Å². The lowest BCUT2D eigenvalue weighted by Gasteiger charge is -2.25. The monoisotopic (exact) mass is 271 g/mol. The zero-order valence-electron chi connectivity index (χ0n) is 13.2. The van der Waals surface area contributed by atoms with Crippen molar-refractivity contribution in [1.82, 2.24) is 10.6 Å². The maximum Gasteiger partial charge on any atom is 0.0264 e. The topological polar surface area (TPSA) is 24.1 Å². The predicted octanol–water partition coefficient (Wildman–Crippen LogP) is 3.15. The first kappa shape index (κ1) is 14.1. The van der Waals surface area contributed by atoms with Crippen LogP contribution in [0.2, 0.25) is 0 Å². The van der Waals surface area contributed by atoms with Crippen LogP contribution in [-0.2, 0) is 0 Å². The summed E-state index contributed by atoms with van der Waals surface area (Å²) in [4.78, 5) is 0. The van der Waals surface area contributed by atoms with E-state index in [1.54, 1.807) is 0 Å². The summed E-state index contributed by atoms with van der Waals surface area (Å²) in [5.74, 6) is 1.78. The van der Waals surface area contributed by atoms with Crippen LogP contribution < -0.4 is 10.6 Å². The minimum Gasteiger partial charge on any atom is -0.314 e. The van der Waals surface area contributed by atoms with Crippen molar-refractivity contribution in [2.75, 3.05) is 13.1 Å². The predicted molar refractivity (Wildman–Crippen MR) is 84.4 cm³/mol. The van der Waals surface area contributed by atoms with Crippen molar-refractivity contribution in [1.29, 1.82) is 0 Å². The van der Waals surface area contributed by atoms with Crippen molar-refractivity contribution in [3.05, 3.63) is 34.9 Å². The van der Waals surface area contributed by atoms with Gasteiger partial charge in [0, 0.05) is 31.1 Å². The fraction of sp³-hybridized carbons (Fsp3) is 0.667. The SMILES string of the molecule is CC(C)c1[c]c(C(C)C)cc(C2C[C@H]3CNC[C@@H]2N3)c1. The summed E-state index contributed by atoms with van der Waals surface area (Å²) in [5.41, 5.74) is 4.28. The Bertz CT molecular complexity index is 452. The van der Waals surface area contributed by atoms with E-state index in [1.165, 1.54) is 23.1 Å². The highest BCUT2D eigenvalue weighted by molar-refractivity contribution is 5.36. The summed E-state index contributed by atoms with van der Waals surface area (Å²) in [6.45, 7) is 11.3. The molecular weight excluding hydrogens is 244 g/mol. The molecule has 1 radical (unpaired) electrons. The Hall–Kier alpha value is -0.860. The highest BCUT2D eigenvalue weighted by Crippen LogP contribution is 2.35. The van der Waals surface area contributed by atoms with Crippen molar-refractivity contribution >= 4 is 0 Å². The molecule has 0 saturated carbocycles. The minimum absolute atomic E-state index is 0.555. The number of piperazine rings is 1. The average Bonchev–Trinajstić information content (AvgIpc) is 2.72. The molecule has 2 heteroatoms. The molecular formula is C18H27N2. The third-order valence-corrected chi connectivity index (χ3v) is 4.83. The molecule has 20 heavy (non-hydrogen) atoms. The van der Waals surface area contributed by atoms with Gasteiger partial charge in [-0.1, -0.05) is 39.8 Å². The number of benzene rings is 1. The Morgan fingerprint density at radius 3 is 2.25 bits per heavy atom. The number of hydrogen-bond acceptors (Lipinski definition) is 2. The van der Waals surface area contributed by atoms with E-state index in [4.69, 9.17) is 0 Å². The molecule has 2 saturated heterocycles. The van der Waals surface area contributed by atoms with Gasteiger partial charge in [-0.2, -0.15) is 0 Å². The van der Waals surface area contributed by atoms with Gasteiger partial charge < -0.3 is 10.6 Å². The zero-order chi connectivity index (χ0) is 14.3. The minimum atomic E-state index is 0.555. The number of nitrogens with one attached hydrogen (secondary N) is 2. The maximum atomic E-state index is 3.76. The molecule has 3 rings (SSSR count). The van der Waals surface area contributed by atoms with Gasteiger partial charge in [-0.15, -0.1) is 0 Å². The Morgan fingerprint density at radius 2 is 1.70 bits per heavy atom. The summed E-state index contributed by atoms with van der Waals surface area (Å²) < 4.78 is 0. The Kier molecular flexibility index (Phi) is 3.87. The van der Waals surface area contributed by atoms with E-state index in [1.807, 2.05) is 0 Å². The van der Waals surface area contributed by atoms with E-state index in [0.29, 0.717) is 29.8 Å². The zero-order valence-corrected chi connectivity index (χ0v) is 13.2. The second-order valence-corrected chi connectivity index (χ2v) is 7.10. The molecule has 0 aliphatic carbocycles. The molecule has 3 atom stereocenters. The maximum absolute atomic E-state index is 3.76. The smallest absolute Gasteiger partial charge is 0.0264 e.